The third-order valence-electron chi connectivity index (χ3n) is 6.44. The van der Waals surface area contributed by atoms with Gasteiger partial charge in [0.15, 0.2) is 0 Å². The maximum Gasteiger partial charge on any atom is 0.342 e. The molecule has 1 aromatic rings. The summed E-state index contributed by atoms with van der Waals surface area (Å²) in [5.41, 5.74) is 5.26. The number of hydrogen-bond donors (Lipinski definition) is 2. The highest BCUT2D eigenvalue weighted by molar-refractivity contribution is 6.04. The van der Waals surface area contributed by atoms with Crippen molar-refractivity contribution >= 4 is 23.6 Å². The molecule has 0 saturated heterocycles. The lowest BCUT2D eigenvalue weighted by atomic mass is 10.1. The molecule has 0 saturated carbocycles. The Kier molecular flexibility index (Phi) is 7.87. The molecule has 0 spiro atoms. The number of ether oxygens (including phenoxy) is 2. The van der Waals surface area contributed by atoms with E-state index in [1.54, 1.807) is 13.8 Å². The van der Waals surface area contributed by atoms with Gasteiger partial charge in [-0.1, -0.05) is 78.4 Å². The molecule has 5 rings (SSSR count). The second-order valence-corrected chi connectivity index (χ2v) is 9.16. The Morgan fingerprint density at radius 1 is 0.675 bits per heavy atom. The number of benzene rings is 1. The van der Waals surface area contributed by atoms with Gasteiger partial charge in [-0.05, 0) is 38.5 Å². The lowest BCUT2D eigenvalue weighted by Crippen LogP contribution is -2.23. The zero-order valence-electron chi connectivity index (χ0n) is 22.6. The molecule has 40 heavy (non-hydrogen) atoms. The minimum Gasteiger partial charge on any atom is -0.462 e. The van der Waals surface area contributed by atoms with Crippen LogP contribution in [0.2, 0.25) is 0 Å². The van der Waals surface area contributed by atoms with E-state index in [9.17, 15) is 9.59 Å². The number of nitrogens with zero attached hydrogens (tertiary/aromatic N) is 2. The lowest BCUT2D eigenvalue weighted by molar-refractivity contribution is 0.0519. The van der Waals surface area contributed by atoms with Gasteiger partial charge in [-0.3, -0.25) is 0 Å². The van der Waals surface area contributed by atoms with E-state index >= 15 is 0 Å². The van der Waals surface area contributed by atoms with Gasteiger partial charge in [0.25, 0.3) is 0 Å². The predicted molar refractivity (Wildman–Crippen MR) is 155 cm³/mol. The third-order valence-corrected chi connectivity index (χ3v) is 6.44. The molecule has 0 amide bonds. The van der Waals surface area contributed by atoms with Crippen LogP contribution in [0.1, 0.15) is 51.9 Å². The summed E-state index contributed by atoms with van der Waals surface area (Å²) in [7, 11) is 0. The highest BCUT2D eigenvalue weighted by Crippen LogP contribution is 2.37. The van der Waals surface area contributed by atoms with Crippen molar-refractivity contribution in [3.05, 3.63) is 107 Å². The van der Waals surface area contributed by atoms with Gasteiger partial charge in [0, 0.05) is 11.1 Å². The van der Waals surface area contributed by atoms with Gasteiger partial charge in [-0.2, -0.15) is 0 Å². The molecule has 2 N–H and O–H groups in total. The van der Waals surface area contributed by atoms with Crippen LogP contribution in [-0.2, 0) is 9.47 Å². The highest BCUT2D eigenvalue weighted by Gasteiger charge is 2.29. The molecule has 0 bridgehead atoms. The lowest BCUT2D eigenvalue weighted by Gasteiger charge is -2.22. The largest absolute Gasteiger partial charge is 0.462 e. The van der Waals surface area contributed by atoms with Crippen molar-refractivity contribution in [2.24, 2.45) is 0 Å². The smallest absolute Gasteiger partial charge is 0.342 e. The Balaban J connectivity index is 1.63. The second-order valence-electron chi connectivity index (χ2n) is 9.16. The molecule has 8 nitrogen and oxygen atoms in total. The number of anilines is 2. The van der Waals surface area contributed by atoms with Crippen molar-refractivity contribution in [1.29, 1.82) is 0 Å². The van der Waals surface area contributed by atoms with E-state index in [1.165, 1.54) is 0 Å². The summed E-state index contributed by atoms with van der Waals surface area (Å²) in [5.74, 6) is -0.229. The van der Waals surface area contributed by atoms with E-state index in [-0.39, 0.29) is 13.2 Å². The summed E-state index contributed by atoms with van der Waals surface area (Å²) in [4.78, 5) is 35.8. The van der Waals surface area contributed by atoms with E-state index in [1.807, 2.05) is 91.9 Å². The Hall–Kier alpha value is -4.98. The van der Waals surface area contributed by atoms with Crippen LogP contribution in [0.3, 0.4) is 0 Å². The van der Waals surface area contributed by atoms with Crippen LogP contribution in [0.15, 0.2) is 84.9 Å². The molecule has 4 aliphatic rings. The summed E-state index contributed by atoms with van der Waals surface area (Å²) in [5, 5.41) is 6.81. The number of aryl methyl sites for hydroxylation is 1. The number of rotatable bonds is 9. The normalized spacial score (nSPS) is 11.0. The van der Waals surface area contributed by atoms with E-state index in [2.05, 4.69) is 10.6 Å². The third kappa shape index (κ3) is 5.42. The van der Waals surface area contributed by atoms with Gasteiger partial charge in [-0.25, -0.2) is 19.6 Å². The van der Waals surface area contributed by atoms with Crippen molar-refractivity contribution in [3.8, 4) is 22.5 Å². The van der Waals surface area contributed by atoms with Crippen LogP contribution >= 0.6 is 0 Å². The van der Waals surface area contributed by atoms with E-state index < -0.39 is 18.1 Å². The van der Waals surface area contributed by atoms with Crippen LogP contribution in [0.25, 0.3) is 22.5 Å². The SMILES string of the molecule is CCOC(=O)c1c2cccccc-2nc1NC(Nc1nc2cccccc-2c1C(=O)OCC)c1ccc(C)cc1. The molecule has 0 aromatic heterocycles. The molecule has 202 valence electrons. The zero-order chi connectivity index (χ0) is 28.1. The Labute approximate surface area is 233 Å². The molecule has 1 aromatic carbocycles. The number of nitrogens with one attached hydrogen (secondary N) is 2. The van der Waals surface area contributed by atoms with Gasteiger partial charge < -0.3 is 20.1 Å². The van der Waals surface area contributed by atoms with Gasteiger partial charge >= 0.3 is 11.9 Å². The molecule has 0 unspecified atom stereocenters. The average Bonchev–Trinajstić information content (AvgIpc) is 3.23. The van der Waals surface area contributed by atoms with E-state index in [0.29, 0.717) is 45.3 Å². The first kappa shape index (κ1) is 26.6. The Morgan fingerprint density at radius 3 is 1.57 bits per heavy atom. The summed E-state index contributed by atoms with van der Waals surface area (Å²) in [6.07, 6.45) is -0.613. The highest BCUT2D eigenvalue weighted by atomic mass is 16.5. The molecule has 0 fully saturated rings. The number of aromatic nitrogens is 2. The summed E-state index contributed by atoms with van der Waals surface area (Å²) in [6.45, 7) is 6.00. The monoisotopic (exact) mass is 534 g/mol. The fraction of sp³-hybridized carbons (Fsp3) is 0.188. The van der Waals surface area contributed by atoms with E-state index in [4.69, 9.17) is 19.4 Å². The molecule has 0 radical (unpaired) electrons. The summed E-state index contributed by atoms with van der Waals surface area (Å²) < 4.78 is 10.8. The number of fused-ring (bicyclic) bond motifs is 2. The minimum absolute atomic E-state index is 0.230. The van der Waals surface area contributed by atoms with Gasteiger partial charge in [0.05, 0.1) is 24.6 Å². The first-order valence-corrected chi connectivity index (χ1v) is 13.2. The molecule has 2 aliphatic heterocycles. The van der Waals surface area contributed by atoms with Crippen LogP contribution in [0.5, 0.6) is 0 Å². The topological polar surface area (TPSA) is 102 Å². The molecule has 2 aliphatic carbocycles. The summed E-state index contributed by atoms with van der Waals surface area (Å²) >= 11 is 0. The molecule has 0 atom stereocenters. The van der Waals surface area contributed by atoms with Gasteiger partial charge in [-0.15, -0.1) is 0 Å². The van der Waals surface area contributed by atoms with Crippen LogP contribution < -0.4 is 10.6 Å². The summed E-state index contributed by atoms with van der Waals surface area (Å²) in [6, 6.07) is 26.5. The van der Waals surface area contributed by atoms with Crippen molar-refractivity contribution in [2.45, 2.75) is 26.9 Å². The first-order valence-electron chi connectivity index (χ1n) is 13.2. The van der Waals surface area contributed by atoms with Crippen molar-refractivity contribution in [1.82, 2.24) is 9.97 Å². The van der Waals surface area contributed by atoms with Crippen LogP contribution in [-0.4, -0.2) is 35.1 Å². The van der Waals surface area contributed by atoms with Crippen molar-refractivity contribution in [2.75, 3.05) is 23.8 Å². The van der Waals surface area contributed by atoms with Gasteiger partial charge in [0.2, 0.25) is 0 Å². The number of carbonyl (C=O) groups excluding carboxylic acids is 2. The zero-order valence-corrected chi connectivity index (χ0v) is 22.6. The standard InChI is InChI=1S/C32H30N4O4/c1-4-39-31(37)26-22-12-8-6-10-14-24(22)33-29(26)35-28(21-18-16-20(3)17-19-21)36-30-27(32(38)40-5-2)23-13-9-7-11-15-25(23)34-30/h6-19,28H,4-5H2,1-3H3,(H,33,35)(H,34,36). The van der Waals surface area contributed by atoms with Gasteiger partial charge in [0.1, 0.15) is 28.9 Å². The van der Waals surface area contributed by atoms with Crippen LogP contribution in [0.4, 0.5) is 11.6 Å². The number of carbonyl (C=O) groups is 2. The van der Waals surface area contributed by atoms with Crippen LogP contribution in [0, 0.1) is 6.92 Å². The van der Waals surface area contributed by atoms with E-state index in [0.717, 1.165) is 11.1 Å². The maximum atomic E-state index is 13.1. The number of esters is 2. The Bertz CT molecular complexity index is 1490. The first-order chi connectivity index (χ1) is 19.5. The average molecular weight is 535 g/mol. The predicted octanol–water partition coefficient (Wildman–Crippen LogP) is 6.57. The molecule has 8 heteroatoms. The molecular weight excluding hydrogens is 504 g/mol. The maximum absolute atomic E-state index is 13.1. The van der Waals surface area contributed by atoms with Crippen molar-refractivity contribution in [3.63, 3.8) is 0 Å². The quantitative estimate of drug-likeness (QED) is 0.162. The fourth-order valence-electron chi connectivity index (χ4n) is 4.56. The van der Waals surface area contributed by atoms with Crippen molar-refractivity contribution < 1.29 is 19.1 Å². The molecule has 2 heterocycles. The fourth-order valence-corrected chi connectivity index (χ4v) is 4.56. The molecular formula is C32H30N4O4. The second kappa shape index (κ2) is 11.8. The minimum atomic E-state index is -0.613. The Morgan fingerprint density at radius 2 is 1.12 bits per heavy atom. The number of hydrogen-bond acceptors (Lipinski definition) is 8.